The summed E-state index contributed by atoms with van der Waals surface area (Å²) in [5.41, 5.74) is 5.56. The van der Waals surface area contributed by atoms with E-state index in [1.807, 2.05) is 0 Å². The van der Waals surface area contributed by atoms with Gasteiger partial charge in [-0.05, 0) is 25.2 Å². The molecule has 1 aliphatic carbocycles. The molecule has 3 N–H and O–H groups in total. The molecule has 19 heavy (non-hydrogen) atoms. The number of nitrogens with zero attached hydrogens (tertiary/aromatic N) is 1. The summed E-state index contributed by atoms with van der Waals surface area (Å²) >= 11 is 0. The standard InChI is InChI=1S/C15H29N3O/c1-2-4-12-5-3-6-13(8-7-12)18-10-9-17-11-14(18)15(16)19/h12-14,17H,2-11H2,1H3,(H2,16,19). The number of piperazine rings is 1. The molecule has 3 atom stereocenters. The van der Waals surface area contributed by atoms with Gasteiger partial charge in [0.1, 0.15) is 6.04 Å². The van der Waals surface area contributed by atoms with Gasteiger partial charge in [-0.15, -0.1) is 0 Å². The van der Waals surface area contributed by atoms with Crippen molar-refractivity contribution in [2.75, 3.05) is 19.6 Å². The zero-order valence-electron chi connectivity index (χ0n) is 12.2. The van der Waals surface area contributed by atoms with Crippen LogP contribution in [0.1, 0.15) is 51.9 Å². The van der Waals surface area contributed by atoms with Crippen LogP contribution in [-0.2, 0) is 4.79 Å². The van der Waals surface area contributed by atoms with Crippen molar-refractivity contribution in [1.29, 1.82) is 0 Å². The summed E-state index contributed by atoms with van der Waals surface area (Å²) in [7, 11) is 0. The summed E-state index contributed by atoms with van der Waals surface area (Å²) in [6.45, 7) is 4.96. The van der Waals surface area contributed by atoms with Crippen LogP contribution in [0.25, 0.3) is 0 Å². The number of rotatable bonds is 4. The van der Waals surface area contributed by atoms with Crippen LogP contribution >= 0.6 is 0 Å². The fraction of sp³-hybridized carbons (Fsp3) is 0.933. The molecule has 0 aromatic carbocycles. The predicted octanol–water partition coefficient (Wildman–Crippen LogP) is 1.49. The quantitative estimate of drug-likeness (QED) is 0.759. The molecule has 2 aliphatic rings. The van der Waals surface area contributed by atoms with Crippen molar-refractivity contribution < 1.29 is 4.79 Å². The van der Waals surface area contributed by atoms with Crippen LogP contribution in [0.2, 0.25) is 0 Å². The van der Waals surface area contributed by atoms with Gasteiger partial charge in [-0.25, -0.2) is 0 Å². The zero-order chi connectivity index (χ0) is 13.7. The van der Waals surface area contributed by atoms with Crippen LogP contribution in [0, 0.1) is 5.92 Å². The monoisotopic (exact) mass is 267 g/mol. The molecule has 1 heterocycles. The van der Waals surface area contributed by atoms with E-state index in [0.29, 0.717) is 6.04 Å². The van der Waals surface area contributed by atoms with E-state index in [9.17, 15) is 4.79 Å². The van der Waals surface area contributed by atoms with E-state index < -0.39 is 0 Å². The fourth-order valence-corrected chi connectivity index (χ4v) is 3.81. The van der Waals surface area contributed by atoms with Crippen LogP contribution in [0.3, 0.4) is 0 Å². The topological polar surface area (TPSA) is 58.4 Å². The van der Waals surface area contributed by atoms with E-state index in [4.69, 9.17) is 5.73 Å². The highest BCUT2D eigenvalue weighted by molar-refractivity contribution is 5.80. The average molecular weight is 267 g/mol. The number of amides is 1. The molecule has 1 saturated carbocycles. The van der Waals surface area contributed by atoms with Gasteiger partial charge in [0.25, 0.3) is 0 Å². The second-order valence-corrected chi connectivity index (χ2v) is 6.18. The van der Waals surface area contributed by atoms with Crippen LogP contribution in [-0.4, -0.2) is 42.5 Å². The molecule has 1 aliphatic heterocycles. The van der Waals surface area contributed by atoms with Crippen LogP contribution in [0.15, 0.2) is 0 Å². The first-order chi connectivity index (χ1) is 9.22. The van der Waals surface area contributed by atoms with Crippen LogP contribution in [0.5, 0.6) is 0 Å². The number of primary amides is 1. The Morgan fingerprint density at radius 3 is 2.89 bits per heavy atom. The Morgan fingerprint density at radius 2 is 2.16 bits per heavy atom. The van der Waals surface area contributed by atoms with Gasteiger partial charge in [-0.2, -0.15) is 0 Å². The Balaban J connectivity index is 1.94. The molecule has 0 aromatic rings. The van der Waals surface area contributed by atoms with E-state index in [-0.39, 0.29) is 11.9 Å². The lowest BCUT2D eigenvalue weighted by molar-refractivity contribution is -0.125. The second kappa shape index (κ2) is 7.25. The van der Waals surface area contributed by atoms with Gasteiger partial charge in [0.05, 0.1) is 0 Å². The van der Waals surface area contributed by atoms with Gasteiger partial charge in [0.15, 0.2) is 0 Å². The smallest absolute Gasteiger partial charge is 0.236 e. The minimum Gasteiger partial charge on any atom is -0.368 e. The van der Waals surface area contributed by atoms with Gasteiger partial charge >= 0.3 is 0 Å². The first-order valence-corrected chi connectivity index (χ1v) is 7.98. The minimum atomic E-state index is -0.165. The molecule has 4 heteroatoms. The highest BCUT2D eigenvalue weighted by atomic mass is 16.1. The van der Waals surface area contributed by atoms with Crippen molar-refractivity contribution in [2.45, 2.75) is 64.0 Å². The molecule has 0 bridgehead atoms. The molecule has 2 rings (SSSR count). The highest BCUT2D eigenvalue weighted by Gasteiger charge is 2.33. The van der Waals surface area contributed by atoms with Crippen LogP contribution in [0.4, 0.5) is 0 Å². The molecule has 0 aromatic heterocycles. The third-order valence-corrected chi connectivity index (χ3v) is 4.84. The first-order valence-electron chi connectivity index (χ1n) is 7.98. The molecule has 110 valence electrons. The molecule has 1 amide bonds. The lowest BCUT2D eigenvalue weighted by atomic mass is 9.95. The Bertz CT molecular complexity index is 295. The number of hydrogen-bond acceptors (Lipinski definition) is 3. The molecule has 0 radical (unpaired) electrons. The highest BCUT2D eigenvalue weighted by Crippen LogP contribution is 2.30. The molecule has 0 spiro atoms. The third kappa shape index (κ3) is 3.93. The van der Waals surface area contributed by atoms with Crippen molar-refractivity contribution in [1.82, 2.24) is 10.2 Å². The van der Waals surface area contributed by atoms with Crippen molar-refractivity contribution in [3.8, 4) is 0 Å². The van der Waals surface area contributed by atoms with E-state index in [1.54, 1.807) is 0 Å². The summed E-state index contributed by atoms with van der Waals surface area (Å²) in [6, 6.07) is 0.475. The summed E-state index contributed by atoms with van der Waals surface area (Å²) < 4.78 is 0. The molecule has 3 unspecified atom stereocenters. The number of carbonyl (C=O) groups excluding carboxylic acids is 1. The first kappa shape index (κ1) is 14.8. The van der Waals surface area contributed by atoms with E-state index in [0.717, 1.165) is 25.6 Å². The van der Waals surface area contributed by atoms with E-state index in [2.05, 4.69) is 17.1 Å². The zero-order valence-corrected chi connectivity index (χ0v) is 12.2. The SMILES string of the molecule is CCCC1CCCC(N2CCNCC2C(N)=O)CC1. The molecule has 2 fully saturated rings. The van der Waals surface area contributed by atoms with E-state index in [1.165, 1.54) is 44.9 Å². The lowest BCUT2D eigenvalue weighted by Crippen LogP contribution is -2.59. The minimum absolute atomic E-state index is 0.0959. The number of carbonyl (C=O) groups is 1. The molecular formula is C15H29N3O. The maximum Gasteiger partial charge on any atom is 0.236 e. The summed E-state index contributed by atoms with van der Waals surface area (Å²) in [4.78, 5) is 14.0. The van der Waals surface area contributed by atoms with E-state index >= 15 is 0 Å². The van der Waals surface area contributed by atoms with Gasteiger partial charge in [0.2, 0.25) is 5.91 Å². The normalized spacial score (nSPS) is 33.8. The average Bonchev–Trinajstić information content (AvgIpc) is 2.65. The Hall–Kier alpha value is -0.610. The van der Waals surface area contributed by atoms with Gasteiger partial charge in [0, 0.05) is 25.7 Å². The summed E-state index contributed by atoms with van der Waals surface area (Å²) in [6.07, 6.45) is 9.16. The lowest BCUT2D eigenvalue weighted by Gasteiger charge is -2.39. The van der Waals surface area contributed by atoms with Gasteiger partial charge < -0.3 is 11.1 Å². The largest absolute Gasteiger partial charge is 0.368 e. The maximum absolute atomic E-state index is 11.6. The van der Waals surface area contributed by atoms with Crippen LogP contribution < -0.4 is 11.1 Å². The number of hydrogen-bond donors (Lipinski definition) is 2. The summed E-state index contributed by atoms with van der Waals surface area (Å²) in [5.74, 6) is 0.742. The van der Waals surface area contributed by atoms with Crippen molar-refractivity contribution in [2.24, 2.45) is 11.7 Å². The predicted molar refractivity (Wildman–Crippen MR) is 77.8 cm³/mol. The van der Waals surface area contributed by atoms with Crippen molar-refractivity contribution in [3.05, 3.63) is 0 Å². The Labute approximate surface area is 117 Å². The van der Waals surface area contributed by atoms with Gasteiger partial charge in [-0.1, -0.05) is 32.6 Å². The third-order valence-electron chi connectivity index (χ3n) is 4.84. The summed E-state index contributed by atoms with van der Waals surface area (Å²) in [5, 5.41) is 3.29. The Kier molecular flexibility index (Phi) is 5.64. The number of nitrogens with two attached hydrogens (primary N) is 1. The molecular weight excluding hydrogens is 238 g/mol. The number of nitrogens with one attached hydrogen (secondary N) is 1. The second-order valence-electron chi connectivity index (χ2n) is 6.18. The van der Waals surface area contributed by atoms with Crippen molar-refractivity contribution in [3.63, 3.8) is 0 Å². The van der Waals surface area contributed by atoms with Crippen molar-refractivity contribution >= 4 is 5.91 Å². The molecule has 4 nitrogen and oxygen atoms in total. The molecule has 1 saturated heterocycles. The van der Waals surface area contributed by atoms with Gasteiger partial charge in [-0.3, -0.25) is 9.69 Å². The Morgan fingerprint density at radius 1 is 1.32 bits per heavy atom. The maximum atomic E-state index is 11.6. The fourth-order valence-electron chi connectivity index (χ4n) is 3.81.